The maximum absolute atomic E-state index is 12.8. The molecule has 1 atom stereocenters. The van der Waals surface area contributed by atoms with E-state index < -0.39 is 6.10 Å². The molecule has 6 nitrogen and oxygen atoms in total. The van der Waals surface area contributed by atoms with Crippen molar-refractivity contribution >= 4 is 17.9 Å². The Balaban J connectivity index is 4.09. The van der Waals surface area contributed by atoms with Gasteiger partial charge >= 0.3 is 17.9 Å². The van der Waals surface area contributed by atoms with Gasteiger partial charge in [0.25, 0.3) is 0 Å². The van der Waals surface area contributed by atoms with E-state index in [0.29, 0.717) is 19.3 Å². The van der Waals surface area contributed by atoms with Crippen molar-refractivity contribution in [2.45, 2.75) is 316 Å². The Labute approximate surface area is 470 Å². The molecule has 0 N–H and O–H groups in total. The van der Waals surface area contributed by atoms with Crippen LogP contribution in [0.15, 0.2) is 97.2 Å². The van der Waals surface area contributed by atoms with E-state index in [0.717, 1.165) is 109 Å². The SMILES string of the molecule is CC/C=C\C/C=C\C/C=C\C/C=C\C/C=C\C/C=C\CCCCCCCCCCCCCCCCC(=O)OCC(COC(=O)CCCCCCCCCC)OC(=O)CCCCCCCCC/C=C\C/C=C\CCCCC. The van der Waals surface area contributed by atoms with Gasteiger partial charge in [-0.25, -0.2) is 0 Å². The topological polar surface area (TPSA) is 78.9 Å². The normalized spacial score (nSPS) is 12.7. The fourth-order valence-corrected chi connectivity index (χ4v) is 9.01. The van der Waals surface area contributed by atoms with Gasteiger partial charge in [0, 0.05) is 19.3 Å². The van der Waals surface area contributed by atoms with Crippen molar-refractivity contribution in [2.24, 2.45) is 0 Å². The summed E-state index contributed by atoms with van der Waals surface area (Å²) in [5, 5.41) is 0. The first-order valence-electron chi connectivity index (χ1n) is 32.2. The van der Waals surface area contributed by atoms with Crippen molar-refractivity contribution < 1.29 is 28.6 Å². The van der Waals surface area contributed by atoms with Crippen molar-refractivity contribution in [3.05, 3.63) is 97.2 Å². The number of hydrogen-bond donors (Lipinski definition) is 0. The van der Waals surface area contributed by atoms with Gasteiger partial charge in [0.15, 0.2) is 6.10 Å². The van der Waals surface area contributed by atoms with Gasteiger partial charge in [0.2, 0.25) is 0 Å². The minimum Gasteiger partial charge on any atom is -0.462 e. The lowest BCUT2D eigenvalue weighted by atomic mass is 10.0. The van der Waals surface area contributed by atoms with Crippen LogP contribution in [0.2, 0.25) is 0 Å². The largest absolute Gasteiger partial charge is 0.462 e. The summed E-state index contributed by atoms with van der Waals surface area (Å²) >= 11 is 0. The summed E-state index contributed by atoms with van der Waals surface area (Å²) in [7, 11) is 0. The molecular formula is C70H120O6. The van der Waals surface area contributed by atoms with E-state index in [1.165, 1.54) is 161 Å². The molecule has 0 aromatic rings. The van der Waals surface area contributed by atoms with E-state index in [-0.39, 0.29) is 31.1 Å². The van der Waals surface area contributed by atoms with E-state index in [9.17, 15) is 14.4 Å². The standard InChI is InChI=1S/C70H120O6/c1-4-7-10-13-16-19-21-23-25-27-28-29-30-31-32-33-34-35-36-37-38-39-40-41-42-44-45-47-49-51-54-57-60-63-69(72)75-66-67(65-74-68(71)62-59-56-53-18-15-12-9-6-3)76-70(73)64-61-58-55-52-50-48-46-43-26-24-22-20-17-14-11-8-5-2/h7,10,16-17,19-20,23-26,28-29,31-32,34-35,67H,4-6,8-9,11-15,18,21-22,27,30,33,36-66H2,1-3H3/b10-7-,19-16-,20-17-,25-23-,26-24-,29-28-,32-31-,35-34-. The van der Waals surface area contributed by atoms with Crippen LogP contribution in [0.3, 0.4) is 0 Å². The Bertz CT molecular complexity index is 1490. The Morgan fingerprint density at radius 2 is 0.513 bits per heavy atom. The maximum atomic E-state index is 12.8. The zero-order valence-electron chi connectivity index (χ0n) is 50.0. The lowest BCUT2D eigenvalue weighted by Crippen LogP contribution is -2.30. The van der Waals surface area contributed by atoms with E-state index in [4.69, 9.17) is 14.2 Å². The smallest absolute Gasteiger partial charge is 0.306 e. The number of allylic oxidation sites excluding steroid dienone is 16. The zero-order valence-corrected chi connectivity index (χ0v) is 50.0. The van der Waals surface area contributed by atoms with Gasteiger partial charge in [-0.2, -0.15) is 0 Å². The van der Waals surface area contributed by atoms with Crippen molar-refractivity contribution in [2.75, 3.05) is 13.2 Å². The highest BCUT2D eigenvalue weighted by Gasteiger charge is 2.19. The molecule has 0 aliphatic carbocycles. The summed E-state index contributed by atoms with van der Waals surface area (Å²) in [5.74, 6) is -0.881. The molecule has 76 heavy (non-hydrogen) atoms. The monoisotopic (exact) mass is 1060 g/mol. The van der Waals surface area contributed by atoms with Gasteiger partial charge in [-0.1, -0.05) is 285 Å². The van der Waals surface area contributed by atoms with Crippen molar-refractivity contribution in [1.29, 1.82) is 0 Å². The molecule has 0 spiro atoms. The van der Waals surface area contributed by atoms with Crippen LogP contribution in [-0.4, -0.2) is 37.2 Å². The summed E-state index contributed by atoms with van der Waals surface area (Å²) in [6.07, 6.45) is 85.8. The highest BCUT2D eigenvalue weighted by atomic mass is 16.6. The summed E-state index contributed by atoms with van der Waals surface area (Å²) < 4.78 is 16.8. The lowest BCUT2D eigenvalue weighted by molar-refractivity contribution is -0.167. The molecule has 0 aromatic carbocycles. The predicted molar refractivity (Wildman–Crippen MR) is 330 cm³/mol. The predicted octanol–water partition coefficient (Wildman–Crippen LogP) is 22.0. The van der Waals surface area contributed by atoms with Crippen LogP contribution in [0.25, 0.3) is 0 Å². The third-order valence-corrected chi connectivity index (χ3v) is 13.8. The van der Waals surface area contributed by atoms with Crippen LogP contribution in [0.4, 0.5) is 0 Å². The Morgan fingerprint density at radius 3 is 0.829 bits per heavy atom. The molecular weight excluding hydrogens is 937 g/mol. The number of ether oxygens (including phenoxy) is 3. The molecule has 0 aliphatic heterocycles. The fraction of sp³-hybridized carbons (Fsp3) is 0.729. The molecule has 6 heteroatoms. The Kier molecular flexibility index (Phi) is 60.8. The fourth-order valence-electron chi connectivity index (χ4n) is 9.01. The minimum atomic E-state index is -0.778. The first-order chi connectivity index (χ1) is 37.5. The first kappa shape index (κ1) is 72.3. The number of esters is 3. The third-order valence-electron chi connectivity index (χ3n) is 13.8. The van der Waals surface area contributed by atoms with E-state index in [2.05, 4.69) is 118 Å². The number of carbonyl (C=O) groups excluding carboxylic acids is 3. The van der Waals surface area contributed by atoms with Crippen LogP contribution in [-0.2, 0) is 28.6 Å². The van der Waals surface area contributed by atoms with Gasteiger partial charge in [0.1, 0.15) is 13.2 Å². The van der Waals surface area contributed by atoms with Crippen LogP contribution in [0.5, 0.6) is 0 Å². The maximum Gasteiger partial charge on any atom is 0.306 e. The summed E-state index contributed by atoms with van der Waals surface area (Å²) in [6, 6.07) is 0. The van der Waals surface area contributed by atoms with Crippen LogP contribution >= 0.6 is 0 Å². The first-order valence-corrected chi connectivity index (χ1v) is 32.2. The van der Waals surface area contributed by atoms with Gasteiger partial charge in [-0.05, 0) is 103 Å². The highest BCUT2D eigenvalue weighted by molar-refractivity contribution is 5.71. The van der Waals surface area contributed by atoms with E-state index >= 15 is 0 Å². The second kappa shape index (κ2) is 63.9. The van der Waals surface area contributed by atoms with Gasteiger partial charge in [-0.3, -0.25) is 14.4 Å². The molecule has 0 saturated heterocycles. The summed E-state index contributed by atoms with van der Waals surface area (Å²) in [5.41, 5.74) is 0. The number of carbonyl (C=O) groups is 3. The van der Waals surface area contributed by atoms with Crippen LogP contribution in [0, 0.1) is 0 Å². The van der Waals surface area contributed by atoms with Gasteiger partial charge in [-0.15, -0.1) is 0 Å². The second-order valence-corrected chi connectivity index (χ2v) is 21.3. The van der Waals surface area contributed by atoms with Crippen LogP contribution < -0.4 is 0 Å². The molecule has 0 aliphatic rings. The molecule has 0 bridgehead atoms. The molecule has 0 saturated carbocycles. The lowest BCUT2D eigenvalue weighted by Gasteiger charge is -2.18. The molecule has 436 valence electrons. The van der Waals surface area contributed by atoms with Gasteiger partial charge < -0.3 is 14.2 Å². The molecule has 0 radical (unpaired) electrons. The molecule has 0 amide bonds. The average Bonchev–Trinajstić information content (AvgIpc) is 3.42. The number of unbranched alkanes of at least 4 members (excludes halogenated alkanes) is 31. The number of rotatable bonds is 58. The highest BCUT2D eigenvalue weighted by Crippen LogP contribution is 2.16. The molecule has 0 aromatic heterocycles. The Hall–Kier alpha value is -3.67. The molecule has 0 heterocycles. The summed E-state index contributed by atoms with van der Waals surface area (Å²) in [6.45, 7) is 6.48. The van der Waals surface area contributed by atoms with Gasteiger partial charge in [0.05, 0.1) is 0 Å². The van der Waals surface area contributed by atoms with Crippen LogP contribution in [0.1, 0.15) is 310 Å². The van der Waals surface area contributed by atoms with E-state index in [1.807, 2.05) is 0 Å². The second-order valence-electron chi connectivity index (χ2n) is 21.3. The van der Waals surface area contributed by atoms with Crippen molar-refractivity contribution in [1.82, 2.24) is 0 Å². The molecule has 0 fully saturated rings. The minimum absolute atomic E-state index is 0.0773. The quantitative estimate of drug-likeness (QED) is 0.0261. The molecule has 1 unspecified atom stereocenters. The van der Waals surface area contributed by atoms with Crippen molar-refractivity contribution in [3.63, 3.8) is 0 Å². The zero-order chi connectivity index (χ0) is 55.0. The Morgan fingerprint density at radius 1 is 0.276 bits per heavy atom. The van der Waals surface area contributed by atoms with E-state index in [1.54, 1.807) is 0 Å². The summed E-state index contributed by atoms with van der Waals surface area (Å²) in [4.78, 5) is 38.1. The molecule has 0 rings (SSSR count). The third kappa shape index (κ3) is 61.2. The average molecular weight is 1060 g/mol. The number of hydrogen-bond acceptors (Lipinski definition) is 6. The van der Waals surface area contributed by atoms with Crippen molar-refractivity contribution in [3.8, 4) is 0 Å².